The van der Waals surface area contributed by atoms with E-state index in [1.54, 1.807) is 45.0 Å². The highest BCUT2D eigenvalue weighted by Gasteiger charge is 2.36. The smallest absolute Gasteiger partial charge is 0.338 e. The summed E-state index contributed by atoms with van der Waals surface area (Å²) in [6, 6.07) is 12.4. The van der Waals surface area contributed by atoms with Gasteiger partial charge >= 0.3 is 17.9 Å². The highest BCUT2D eigenvalue weighted by Crippen LogP contribution is 2.26. The van der Waals surface area contributed by atoms with Crippen molar-refractivity contribution in [3.63, 3.8) is 0 Å². The molecule has 1 heterocycles. The molecule has 1 N–H and O–H groups in total. The van der Waals surface area contributed by atoms with Gasteiger partial charge in [-0.15, -0.1) is 0 Å². The molecule has 3 rings (SSSR count). The summed E-state index contributed by atoms with van der Waals surface area (Å²) < 4.78 is 15.2. The lowest BCUT2D eigenvalue weighted by Gasteiger charge is -2.17. The maximum atomic E-state index is 12.5. The summed E-state index contributed by atoms with van der Waals surface area (Å²) in [5.41, 5.74) is 1.67. The van der Waals surface area contributed by atoms with Crippen LogP contribution in [0.4, 0.5) is 11.4 Å². The minimum Gasteiger partial charge on any atom is -0.462 e. The normalized spacial score (nSPS) is 14.9. The number of rotatable bonds is 9. The molecular weight excluding hydrogens is 468 g/mol. The Morgan fingerprint density at radius 2 is 1.56 bits per heavy atom. The van der Waals surface area contributed by atoms with Gasteiger partial charge in [0.25, 0.3) is 5.91 Å². The van der Waals surface area contributed by atoms with Crippen molar-refractivity contribution in [1.82, 2.24) is 0 Å². The molecular formula is C26H28N2O8. The molecule has 2 aromatic rings. The van der Waals surface area contributed by atoms with Gasteiger partial charge in [-0.3, -0.25) is 14.4 Å². The molecule has 0 aromatic heterocycles. The van der Waals surface area contributed by atoms with Gasteiger partial charge < -0.3 is 24.4 Å². The van der Waals surface area contributed by atoms with E-state index in [4.69, 9.17) is 14.2 Å². The zero-order valence-electron chi connectivity index (χ0n) is 20.3. The molecule has 0 radical (unpaired) electrons. The van der Waals surface area contributed by atoms with Crippen LogP contribution in [0.1, 0.15) is 47.9 Å². The van der Waals surface area contributed by atoms with E-state index in [0.29, 0.717) is 22.5 Å². The van der Waals surface area contributed by atoms with Crippen molar-refractivity contribution in [2.75, 3.05) is 30.0 Å². The van der Waals surface area contributed by atoms with E-state index in [0.717, 1.165) is 0 Å². The van der Waals surface area contributed by atoms with Gasteiger partial charge in [-0.05, 0) is 69.3 Å². The van der Waals surface area contributed by atoms with Crippen LogP contribution in [0.5, 0.6) is 0 Å². The number of nitrogens with one attached hydrogen (secondary N) is 1. The van der Waals surface area contributed by atoms with Crippen LogP contribution in [0.2, 0.25) is 0 Å². The van der Waals surface area contributed by atoms with Crippen molar-refractivity contribution in [2.45, 2.75) is 33.3 Å². The van der Waals surface area contributed by atoms with Crippen LogP contribution in [-0.2, 0) is 28.6 Å². The van der Waals surface area contributed by atoms with Crippen LogP contribution in [-0.4, -0.2) is 55.6 Å². The topological polar surface area (TPSA) is 128 Å². The number of carbonyl (C=O) groups is 5. The standard InChI is InChI=1S/C26H28N2O8/c1-4-34-24(31)17-5-9-20(10-6-17)27-22(29)15-35-25(32)19-13-23(30)28(14-19)21-11-7-18(8-12-21)26(33)36-16(2)3/h5-12,16,19H,4,13-15H2,1-3H3,(H,27,29)/t19-/m0/s1. The molecule has 0 aliphatic carbocycles. The first-order valence-electron chi connectivity index (χ1n) is 11.5. The largest absolute Gasteiger partial charge is 0.462 e. The quantitative estimate of drug-likeness (QED) is 0.415. The lowest BCUT2D eigenvalue weighted by atomic mass is 10.1. The van der Waals surface area contributed by atoms with Crippen molar-refractivity contribution in [1.29, 1.82) is 0 Å². The third kappa shape index (κ3) is 6.91. The molecule has 1 aliphatic heterocycles. The second-order valence-electron chi connectivity index (χ2n) is 8.36. The maximum Gasteiger partial charge on any atom is 0.338 e. The molecule has 10 heteroatoms. The number of benzene rings is 2. The zero-order valence-corrected chi connectivity index (χ0v) is 20.3. The molecule has 1 atom stereocenters. The Labute approximate surface area is 208 Å². The summed E-state index contributed by atoms with van der Waals surface area (Å²) >= 11 is 0. The maximum absolute atomic E-state index is 12.5. The van der Waals surface area contributed by atoms with Gasteiger partial charge in [-0.2, -0.15) is 0 Å². The fraction of sp³-hybridized carbons (Fsp3) is 0.346. The third-order valence-electron chi connectivity index (χ3n) is 5.24. The first-order chi connectivity index (χ1) is 17.2. The van der Waals surface area contributed by atoms with Gasteiger partial charge in [-0.1, -0.05) is 0 Å². The van der Waals surface area contributed by atoms with Crippen molar-refractivity contribution in [2.24, 2.45) is 5.92 Å². The highest BCUT2D eigenvalue weighted by molar-refractivity contribution is 6.00. The van der Waals surface area contributed by atoms with Crippen LogP contribution in [0.25, 0.3) is 0 Å². The summed E-state index contributed by atoms with van der Waals surface area (Å²) in [4.78, 5) is 62.2. The van der Waals surface area contributed by atoms with Crippen LogP contribution in [0, 0.1) is 5.92 Å². The molecule has 2 amide bonds. The first-order valence-corrected chi connectivity index (χ1v) is 11.5. The highest BCUT2D eigenvalue weighted by atomic mass is 16.5. The molecule has 0 unspecified atom stereocenters. The molecule has 1 aliphatic rings. The molecule has 0 saturated carbocycles. The second kappa shape index (κ2) is 12.0. The van der Waals surface area contributed by atoms with E-state index in [-0.39, 0.29) is 31.6 Å². The number of ether oxygens (including phenoxy) is 3. The van der Waals surface area contributed by atoms with Crippen LogP contribution < -0.4 is 10.2 Å². The Hall–Kier alpha value is -4.21. The van der Waals surface area contributed by atoms with Gasteiger partial charge in [0.1, 0.15) is 0 Å². The van der Waals surface area contributed by atoms with Crippen LogP contribution in [0.15, 0.2) is 48.5 Å². The molecule has 2 aromatic carbocycles. The van der Waals surface area contributed by atoms with E-state index in [9.17, 15) is 24.0 Å². The molecule has 36 heavy (non-hydrogen) atoms. The Bertz CT molecular complexity index is 1130. The number of hydrogen-bond acceptors (Lipinski definition) is 8. The average Bonchev–Trinajstić information content (AvgIpc) is 3.24. The molecule has 190 valence electrons. The van der Waals surface area contributed by atoms with E-state index >= 15 is 0 Å². The van der Waals surface area contributed by atoms with Crippen LogP contribution in [0.3, 0.4) is 0 Å². The summed E-state index contributed by atoms with van der Waals surface area (Å²) in [5.74, 6) is -3.12. The Morgan fingerprint density at radius 3 is 2.17 bits per heavy atom. The van der Waals surface area contributed by atoms with Crippen LogP contribution >= 0.6 is 0 Å². The monoisotopic (exact) mass is 496 g/mol. The average molecular weight is 497 g/mol. The Kier molecular flexibility index (Phi) is 8.77. The van der Waals surface area contributed by atoms with Crippen molar-refractivity contribution >= 4 is 41.1 Å². The predicted molar refractivity (Wildman–Crippen MR) is 129 cm³/mol. The minimum absolute atomic E-state index is 0.0487. The van der Waals surface area contributed by atoms with Gasteiger partial charge in [0.15, 0.2) is 6.61 Å². The van der Waals surface area contributed by atoms with E-state index in [1.807, 2.05) is 0 Å². The van der Waals surface area contributed by atoms with E-state index in [1.165, 1.54) is 29.2 Å². The number of esters is 3. The number of hydrogen-bond donors (Lipinski definition) is 1. The lowest BCUT2D eigenvalue weighted by Crippen LogP contribution is -2.28. The SMILES string of the molecule is CCOC(=O)c1ccc(NC(=O)COC(=O)[C@H]2CC(=O)N(c3ccc(C(=O)OC(C)C)cc3)C2)cc1. The lowest BCUT2D eigenvalue weighted by molar-refractivity contribution is -0.151. The third-order valence-corrected chi connectivity index (χ3v) is 5.24. The second-order valence-corrected chi connectivity index (χ2v) is 8.36. The fourth-order valence-corrected chi connectivity index (χ4v) is 3.53. The Morgan fingerprint density at radius 1 is 0.944 bits per heavy atom. The zero-order chi connectivity index (χ0) is 26.2. The fourth-order valence-electron chi connectivity index (χ4n) is 3.53. The molecule has 10 nitrogen and oxygen atoms in total. The van der Waals surface area contributed by atoms with E-state index < -0.39 is 36.3 Å². The minimum atomic E-state index is -0.722. The summed E-state index contributed by atoms with van der Waals surface area (Å²) in [6.07, 6.45) is -0.296. The van der Waals surface area contributed by atoms with E-state index in [2.05, 4.69) is 5.32 Å². The predicted octanol–water partition coefficient (Wildman–Crippen LogP) is 2.96. The Balaban J connectivity index is 1.49. The number of amides is 2. The number of nitrogens with zero attached hydrogens (tertiary/aromatic N) is 1. The first kappa shape index (κ1) is 26.4. The van der Waals surface area contributed by atoms with Gasteiger partial charge in [0.05, 0.1) is 29.8 Å². The van der Waals surface area contributed by atoms with Crippen molar-refractivity contribution < 1.29 is 38.2 Å². The van der Waals surface area contributed by atoms with Gasteiger partial charge in [0.2, 0.25) is 5.91 Å². The molecule has 1 fully saturated rings. The summed E-state index contributed by atoms with van der Waals surface area (Å²) in [7, 11) is 0. The molecule has 1 saturated heterocycles. The molecule has 0 bridgehead atoms. The van der Waals surface area contributed by atoms with Crippen molar-refractivity contribution in [3.8, 4) is 0 Å². The summed E-state index contributed by atoms with van der Waals surface area (Å²) in [6.45, 7) is 5.05. The number of anilines is 2. The van der Waals surface area contributed by atoms with Gasteiger partial charge in [0, 0.05) is 24.3 Å². The number of carbonyl (C=O) groups excluding carboxylic acids is 5. The van der Waals surface area contributed by atoms with Gasteiger partial charge in [-0.25, -0.2) is 9.59 Å². The summed E-state index contributed by atoms with van der Waals surface area (Å²) in [5, 5.41) is 2.57. The van der Waals surface area contributed by atoms with Crippen molar-refractivity contribution in [3.05, 3.63) is 59.7 Å². The molecule has 0 spiro atoms.